The Morgan fingerprint density at radius 1 is 1.41 bits per heavy atom. The number of nitrogens with one attached hydrogen (secondary N) is 2. The molecule has 0 radical (unpaired) electrons. The van der Waals surface area contributed by atoms with Gasteiger partial charge in [-0.2, -0.15) is 5.10 Å². The minimum atomic E-state index is -0.351. The van der Waals surface area contributed by atoms with Gasteiger partial charge in [-0.1, -0.05) is 0 Å². The molecule has 1 amide bonds. The van der Waals surface area contributed by atoms with Crippen molar-refractivity contribution in [1.82, 2.24) is 19.7 Å². The average molecular weight is 299 g/mol. The molecule has 1 aliphatic rings. The number of hydrogen-bond donors (Lipinski definition) is 2. The number of anilines is 1. The van der Waals surface area contributed by atoms with Crippen LogP contribution in [0.15, 0.2) is 30.6 Å². The summed E-state index contributed by atoms with van der Waals surface area (Å²) in [6.45, 7) is 0. The van der Waals surface area contributed by atoms with E-state index in [1.54, 1.807) is 18.5 Å². The Balaban J connectivity index is 1.53. The lowest BCUT2D eigenvalue weighted by Crippen LogP contribution is -2.17. The smallest absolute Gasteiger partial charge is 0.261 e. The van der Waals surface area contributed by atoms with E-state index in [-0.39, 0.29) is 11.7 Å². The van der Waals surface area contributed by atoms with Crippen LogP contribution in [0.3, 0.4) is 0 Å². The second-order valence-electron chi connectivity index (χ2n) is 5.49. The highest BCUT2D eigenvalue weighted by Crippen LogP contribution is 2.30. The summed E-state index contributed by atoms with van der Waals surface area (Å²) < 4.78 is 15.0. The highest BCUT2D eigenvalue weighted by atomic mass is 19.1. The number of carbonyl (C=O) groups excluding carboxylic acids is 1. The molecule has 1 fully saturated rings. The van der Waals surface area contributed by atoms with E-state index in [1.807, 2.05) is 4.68 Å². The van der Waals surface area contributed by atoms with Crippen LogP contribution in [0.1, 0.15) is 35.7 Å². The van der Waals surface area contributed by atoms with Gasteiger partial charge in [0.2, 0.25) is 5.95 Å². The van der Waals surface area contributed by atoms with Gasteiger partial charge >= 0.3 is 0 Å². The lowest BCUT2D eigenvalue weighted by atomic mass is 9.93. The van der Waals surface area contributed by atoms with Crippen molar-refractivity contribution in [3.63, 3.8) is 0 Å². The van der Waals surface area contributed by atoms with Crippen LogP contribution < -0.4 is 5.32 Å². The first kappa shape index (κ1) is 13.0. The van der Waals surface area contributed by atoms with Crippen LogP contribution in [-0.4, -0.2) is 25.7 Å². The third-order valence-electron chi connectivity index (χ3n) is 3.99. The van der Waals surface area contributed by atoms with Crippen molar-refractivity contribution in [2.24, 2.45) is 0 Å². The van der Waals surface area contributed by atoms with Gasteiger partial charge in [0.05, 0.1) is 28.8 Å². The molecule has 7 heteroatoms. The molecule has 1 saturated carbocycles. The average Bonchev–Trinajstić information content (AvgIpc) is 3.02. The maximum atomic E-state index is 13.1. The predicted octanol–water partition coefficient (Wildman–Crippen LogP) is 2.88. The van der Waals surface area contributed by atoms with E-state index < -0.39 is 0 Å². The van der Waals surface area contributed by atoms with Gasteiger partial charge in [0.15, 0.2) is 0 Å². The highest BCUT2D eigenvalue weighted by Gasteiger charge is 2.21. The molecule has 0 bridgehead atoms. The Morgan fingerprint density at radius 3 is 3.05 bits per heavy atom. The fourth-order valence-electron chi connectivity index (χ4n) is 2.53. The first-order chi connectivity index (χ1) is 10.7. The highest BCUT2D eigenvalue weighted by molar-refractivity contribution is 6.03. The van der Waals surface area contributed by atoms with Crippen molar-refractivity contribution in [2.75, 3.05) is 5.32 Å². The summed E-state index contributed by atoms with van der Waals surface area (Å²) >= 11 is 0. The van der Waals surface area contributed by atoms with E-state index in [1.165, 1.54) is 18.6 Å². The Kier molecular flexibility index (Phi) is 2.92. The lowest BCUT2D eigenvalue weighted by molar-refractivity contribution is 0.102. The van der Waals surface area contributed by atoms with Crippen LogP contribution in [0.5, 0.6) is 0 Å². The van der Waals surface area contributed by atoms with Gasteiger partial charge in [-0.05, 0) is 37.5 Å². The summed E-state index contributed by atoms with van der Waals surface area (Å²) in [4.78, 5) is 19.3. The van der Waals surface area contributed by atoms with Crippen LogP contribution >= 0.6 is 0 Å². The maximum absolute atomic E-state index is 13.1. The maximum Gasteiger partial charge on any atom is 0.261 e. The SMILES string of the molecule is O=C(Nc1nc2ccc(F)cc2[nH]1)c1cnn(C2CCC2)c1. The standard InChI is InChI=1S/C15H14FN5O/c16-10-4-5-12-13(6-10)19-15(18-12)20-14(22)9-7-17-21(8-9)11-2-1-3-11/h4-8,11H,1-3H2,(H2,18,19,20,22). The molecule has 3 aromatic rings. The molecule has 1 aliphatic carbocycles. The monoisotopic (exact) mass is 299 g/mol. The van der Waals surface area contributed by atoms with Crippen LogP contribution in [0.4, 0.5) is 10.3 Å². The molecular formula is C15H14FN5O. The van der Waals surface area contributed by atoms with Crippen LogP contribution in [-0.2, 0) is 0 Å². The van der Waals surface area contributed by atoms with E-state index in [0.29, 0.717) is 28.6 Å². The summed E-state index contributed by atoms with van der Waals surface area (Å²) in [6, 6.07) is 4.64. The van der Waals surface area contributed by atoms with Crippen molar-refractivity contribution in [1.29, 1.82) is 0 Å². The number of halogens is 1. The van der Waals surface area contributed by atoms with Crippen LogP contribution in [0, 0.1) is 5.82 Å². The van der Waals surface area contributed by atoms with Gasteiger partial charge < -0.3 is 4.98 Å². The molecule has 4 rings (SSSR count). The van der Waals surface area contributed by atoms with Crippen molar-refractivity contribution in [2.45, 2.75) is 25.3 Å². The summed E-state index contributed by atoms with van der Waals surface area (Å²) in [5, 5.41) is 6.90. The molecule has 2 aromatic heterocycles. The van der Waals surface area contributed by atoms with E-state index in [2.05, 4.69) is 20.4 Å². The molecule has 0 spiro atoms. The largest absolute Gasteiger partial charge is 0.324 e. The summed E-state index contributed by atoms with van der Waals surface area (Å²) in [6.07, 6.45) is 6.73. The molecule has 0 saturated heterocycles. The van der Waals surface area contributed by atoms with E-state index in [0.717, 1.165) is 12.8 Å². The zero-order chi connectivity index (χ0) is 15.1. The number of nitrogens with zero attached hydrogens (tertiary/aromatic N) is 3. The number of rotatable bonds is 3. The number of aromatic nitrogens is 4. The van der Waals surface area contributed by atoms with Crippen LogP contribution in [0.25, 0.3) is 11.0 Å². The number of imidazole rings is 1. The quantitative estimate of drug-likeness (QED) is 0.781. The minimum Gasteiger partial charge on any atom is -0.324 e. The van der Waals surface area contributed by atoms with E-state index in [9.17, 15) is 9.18 Å². The molecule has 1 aromatic carbocycles. The molecule has 0 atom stereocenters. The summed E-state index contributed by atoms with van der Waals surface area (Å²) in [7, 11) is 0. The number of fused-ring (bicyclic) bond motifs is 1. The fraction of sp³-hybridized carbons (Fsp3) is 0.267. The third-order valence-corrected chi connectivity index (χ3v) is 3.99. The number of H-pyrrole nitrogens is 1. The van der Waals surface area contributed by atoms with Crippen molar-refractivity contribution in [3.8, 4) is 0 Å². The minimum absolute atomic E-state index is 0.287. The number of aromatic amines is 1. The van der Waals surface area contributed by atoms with Gasteiger partial charge in [0, 0.05) is 6.20 Å². The van der Waals surface area contributed by atoms with E-state index in [4.69, 9.17) is 0 Å². The molecule has 2 N–H and O–H groups in total. The predicted molar refractivity (Wildman–Crippen MR) is 79.1 cm³/mol. The van der Waals surface area contributed by atoms with Gasteiger partial charge in [0.1, 0.15) is 5.82 Å². The second kappa shape index (κ2) is 4.94. The van der Waals surface area contributed by atoms with Crippen molar-refractivity contribution >= 4 is 22.9 Å². The molecular weight excluding hydrogens is 285 g/mol. The van der Waals surface area contributed by atoms with E-state index >= 15 is 0 Å². The van der Waals surface area contributed by atoms with Crippen molar-refractivity contribution in [3.05, 3.63) is 42.0 Å². The Labute approximate surface area is 125 Å². The van der Waals surface area contributed by atoms with Gasteiger partial charge in [-0.15, -0.1) is 0 Å². The number of amides is 1. The molecule has 0 unspecified atom stereocenters. The number of hydrogen-bond acceptors (Lipinski definition) is 3. The summed E-state index contributed by atoms with van der Waals surface area (Å²) in [5.74, 6) is -0.345. The Bertz CT molecular complexity index is 849. The molecule has 2 heterocycles. The molecule has 6 nitrogen and oxygen atoms in total. The Morgan fingerprint density at radius 2 is 2.27 bits per heavy atom. The zero-order valence-corrected chi connectivity index (χ0v) is 11.7. The number of carbonyl (C=O) groups is 1. The Hall–Kier alpha value is -2.70. The lowest BCUT2D eigenvalue weighted by Gasteiger charge is -2.25. The van der Waals surface area contributed by atoms with Gasteiger partial charge in [0.25, 0.3) is 5.91 Å². The third kappa shape index (κ3) is 2.24. The summed E-state index contributed by atoms with van der Waals surface area (Å²) in [5.41, 5.74) is 1.63. The normalized spacial score (nSPS) is 15.0. The first-order valence-electron chi connectivity index (χ1n) is 7.20. The van der Waals surface area contributed by atoms with Crippen LogP contribution in [0.2, 0.25) is 0 Å². The first-order valence-corrected chi connectivity index (χ1v) is 7.20. The van der Waals surface area contributed by atoms with Gasteiger partial charge in [-0.3, -0.25) is 14.8 Å². The molecule has 112 valence electrons. The fourth-order valence-corrected chi connectivity index (χ4v) is 2.53. The number of benzene rings is 1. The molecule has 0 aliphatic heterocycles. The van der Waals surface area contributed by atoms with Crippen molar-refractivity contribution < 1.29 is 9.18 Å². The second-order valence-corrected chi connectivity index (χ2v) is 5.49. The topological polar surface area (TPSA) is 75.6 Å². The zero-order valence-electron chi connectivity index (χ0n) is 11.7. The molecule has 22 heavy (non-hydrogen) atoms. The van der Waals surface area contributed by atoms with Gasteiger partial charge in [-0.25, -0.2) is 9.37 Å².